The SMILES string of the molecule is COc1ccccc1C(C)NC(=O)C1CCCN(C(=O)c2cccc3ccccc23)C1. The molecule has 2 atom stereocenters. The van der Waals surface area contributed by atoms with Gasteiger partial charge in [0, 0.05) is 24.2 Å². The van der Waals surface area contributed by atoms with Crippen molar-refractivity contribution in [3.05, 3.63) is 77.9 Å². The summed E-state index contributed by atoms with van der Waals surface area (Å²) >= 11 is 0. The Balaban J connectivity index is 1.46. The van der Waals surface area contributed by atoms with Crippen LogP contribution in [0.4, 0.5) is 0 Å². The van der Waals surface area contributed by atoms with E-state index in [9.17, 15) is 9.59 Å². The number of carbonyl (C=O) groups is 2. The van der Waals surface area contributed by atoms with Gasteiger partial charge in [0.2, 0.25) is 5.91 Å². The van der Waals surface area contributed by atoms with Crippen molar-refractivity contribution in [3.8, 4) is 5.75 Å². The van der Waals surface area contributed by atoms with Crippen molar-refractivity contribution in [1.82, 2.24) is 10.2 Å². The van der Waals surface area contributed by atoms with Crippen molar-refractivity contribution in [2.45, 2.75) is 25.8 Å². The number of nitrogens with zero attached hydrogens (tertiary/aromatic N) is 1. The van der Waals surface area contributed by atoms with E-state index in [-0.39, 0.29) is 23.8 Å². The molecule has 31 heavy (non-hydrogen) atoms. The monoisotopic (exact) mass is 416 g/mol. The van der Waals surface area contributed by atoms with Gasteiger partial charge < -0.3 is 15.0 Å². The van der Waals surface area contributed by atoms with Gasteiger partial charge in [-0.05, 0) is 42.7 Å². The van der Waals surface area contributed by atoms with Crippen molar-refractivity contribution in [2.24, 2.45) is 5.92 Å². The third-order valence-electron chi connectivity index (χ3n) is 6.06. The number of amides is 2. The van der Waals surface area contributed by atoms with E-state index >= 15 is 0 Å². The molecule has 4 rings (SSSR count). The van der Waals surface area contributed by atoms with Crippen LogP contribution in [0.3, 0.4) is 0 Å². The molecule has 3 aromatic rings. The molecule has 0 aromatic heterocycles. The van der Waals surface area contributed by atoms with Crippen LogP contribution in [0, 0.1) is 5.92 Å². The van der Waals surface area contributed by atoms with Crippen LogP contribution in [-0.4, -0.2) is 36.9 Å². The number of fused-ring (bicyclic) bond motifs is 1. The van der Waals surface area contributed by atoms with E-state index in [0.717, 1.165) is 34.9 Å². The zero-order valence-corrected chi connectivity index (χ0v) is 18.0. The van der Waals surface area contributed by atoms with Crippen molar-refractivity contribution in [2.75, 3.05) is 20.2 Å². The highest BCUT2D eigenvalue weighted by atomic mass is 16.5. The van der Waals surface area contributed by atoms with E-state index in [4.69, 9.17) is 4.74 Å². The average Bonchev–Trinajstić information content (AvgIpc) is 2.83. The number of carbonyl (C=O) groups excluding carboxylic acids is 2. The predicted molar refractivity (Wildman–Crippen MR) is 122 cm³/mol. The van der Waals surface area contributed by atoms with Crippen LogP contribution >= 0.6 is 0 Å². The first-order valence-electron chi connectivity index (χ1n) is 10.8. The van der Waals surface area contributed by atoms with Crippen LogP contribution in [0.2, 0.25) is 0 Å². The van der Waals surface area contributed by atoms with Crippen LogP contribution in [0.25, 0.3) is 10.8 Å². The van der Waals surface area contributed by atoms with E-state index in [1.807, 2.05) is 78.6 Å². The third kappa shape index (κ3) is 4.41. The number of hydrogen-bond acceptors (Lipinski definition) is 3. The van der Waals surface area contributed by atoms with Gasteiger partial charge in [0.1, 0.15) is 5.75 Å². The van der Waals surface area contributed by atoms with Crippen molar-refractivity contribution in [3.63, 3.8) is 0 Å². The summed E-state index contributed by atoms with van der Waals surface area (Å²) in [7, 11) is 1.63. The molecule has 0 radical (unpaired) electrons. The van der Waals surface area contributed by atoms with Gasteiger partial charge >= 0.3 is 0 Å². The van der Waals surface area contributed by atoms with Crippen molar-refractivity contribution >= 4 is 22.6 Å². The topological polar surface area (TPSA) is 58.6 Å². The quantitative estimate of drug-likeness (QED) is 0.662. The summed E-state index contributed by atoms with van der Waals surface area (Å²) in [5.41, 5.74) is 1.64. The lowest BCUT2D eigenvalue weighted by atomic mass is 9.95. The standard InChI is InChI=1S/C26H28N2O3/c1-18(21-12-5-6-15-24(21)31-2)27-25(29)20-11-8-16-28(17-20)26(30)23-14-7-10-19-9-3-4-13-22(19)23/h3-7,9-10,12-15,18,20H,8,11,16-17H2,1-2H3,(H,27,29). The highest BCUT2D eigenvalue weighted by Gasteiger charge is 2.30. The molecule has 2 amide bonds. The Morgan fingerprint density at radius 1 is 1.03 bits per heavy atom. The summed E-state index contributed by atoms with van der Waals surface area (Å²) in [4.78, 5) is 28.1. The number of piperidine rings is 1. The molecule has 1 saturated heterocycles. The first-order valence-corrected chi connectivity index (χ1v) is 10.8. The molecule has 5 heteroatoms. The van der Waals surface area contributed by atoms with Crippen LogP contribution in [0.5, 0.6) is 5.75 Å². The van der Waals surface area contributed by atoms with Gasteiger partial charge in [0.15, 0.2) is 0 Å². The summed E-state index contributed by atoms with van der Waals surface area (Å²) in [5.74, 6) is 0.512. The largest absolute Gasteiger partial charge is 0.496 e. The lowest BCUT2D eigenvalue weighted by Crippen LogP contribution is -2.46. The average molecular weight is 417 g/mol. The molecule has 1 fully saturated rings. The minimum atomic E-state index is -0.218. The van der Waals surface area contributed by atoms with E-state index < -0.39 is 0 Å². The van der Waals surface area contributed by atoms with Gasteiger partial charge in [-0.3, -0.25) is 9.59 Å². The summed E-state index contributed by atoms with van der Waals surface area (Å²) < 4.78 is 5.42. The summed E-state index contributed by atoms with van der Waals surface area (Å²) in [6.07, 6.45) is 1.60. The zero-order chi connectivity index (χ0) is 21.8. The Labute approximate surface area is 183 Å². The lowest BCUT2D eigenvalue weighted by molar-refractivity contribution is -0.127. The Hall–Kier alpha value is -3.34. The molecule has 0 aliphatic carbocycles. The minimum absolute atomic E-state index is 0.00734. The molecule has 160 valence electrons. The van der Waals surface area contributed by atoms with E-state index in [2.05, 4.69) is 5.32 Å². The number of nitrogens with one attached hydrogen (secondary N) is 1. The molecule has 0 saturated carbocycles. The Morgan fingerprint density at radius 2 is 1.77 bits per heavy atom. The van der Waals surface area contributed by atoms with Gasteiger partial charge in [-0.1, -0.05) is 54.6 Å². The number of benzene rings is 3. The molecular weight excluding hydrogens is 388 g/mol. The first kappa shape index (κ1) is 20.9. The molecule has 5 nitrogen and oxygen atoms in total. The highest BCUT2D eigenvalue weighted by Crippen LogP contribution is 2.27. The Kier molecular flexibility index (Phi) is 6.21. The number of methoxy groups -OCH3 is 1. The van der Waals surface area contributed by atoms with Gasteiger partial charge in [-0.25, -0.2) is 0 Å². The summed E-state index contributed by atoms with van der Waals surface area (Å²) in [6.45, 7) is 3.07. The van der Waals surface area contributed by atoms with Gasteiger partial charge in [0.05, 0.1) is 19.1 Å². The number of hydrogen-bond donors (Lipinski definition) is 1. The van der Waals surface area contributed by atoms with Crippen LogP contribution < -0.4 is 10.1 Å². The maximum absolute atomic E-state index is 13.3. The lowest BCUT2D eigenvalue weighted by Gasteiger charge is -2.33. The fourth-order valence-electron chi connectivity index (χ4n) is 4.39. The van der Waals surface area contributed by atoms with Crippen LogP contribution in [0.15, 0.2) is 66.7 Å². The van der Waals surface area contributed by atoms with E-state index in [1.54, 1.807) is 7.11 Å². The third-order valence-corrected chi connectivity index (χ3v) is 6.06. The molecule has 1 aliphatic rings. The summed E-state index contributed by atoms with van der Waals surface area (Å²) in [6, 6.07) is 21.2. The molecule has 1 N–H and O–H groups in total. The molecule has 1 aliphatic heterocycles. The van der Waals surface area contributed by atoms with E-state index in [0.29, 0.717) is 18.7 Å². The van der Waals surface area contributed by atoms with Gasteiger partial charge in [0.25, 0.3) is 5.91 Å². The molecule has 0 spiro atoms. The number of ether oxygens (including phenoxy) is 1. The van der Waals surface area contributed by atoms with Crippen molar-refractivity contribution in [1.29, 1.82) is 0 Å². The number of para-hydroxylation sites is 1. The molecular formula is C26H28N2O3. The predicted octanol–water partition coefficient (Wildman–Crippen LogP) is 4.58. The maximum Gasteiger partial charge on any atom is 0.254 e. The summed E-state index contributed by atoms with van der Waals surface area (Å²) in [5, 5.41) is 5.11. The van der Waals surface area contributed by atoms with Crippen LogP contribution in [0.1, 0.15) is 41.7 Å². The fourth-order valence-corrected chi connectivity index (χ4v) is 4.39. The second kappa shape index (κ2) is 9.21. The highest BCUT2D eigenvalue weighted by molar-refractivity contribution is 6.07. The smallest absolute Gasteiger partial charge is 0.254 e. The van der Waals surface area contributed by atoms with Gasteiger partial charge in [-0.15, -0.1) is 0 Å². The van der Waals surface area contributed by atoms with Crippen molar-refractivity contribution < 1.29 is 14.3 Å². The van der Waals surface area contributed by atoms with E-state index in [1.165, 1.54) is 0 Å². The first-order chi connectivity index (χ1) is 15.1. The fraction of sp³-hybridized carbons (Fsp3) is 0.308. The second-order valence-electron chi connectivity index (χ2n) is 8.09. The normalized spacial score (nSPS) is 17.2. The van der Waals surface area contributed by atoms with Gasteiger partial charge in [-0.2, -0.15) is 0 Å². The number of rotatable bonds is 5. The second-order valence-corrected chi connectivity index (χ2v) is 8.09. The Bertz CT molecular complexity index is 1090. The Morgan fingerprint density at radius 3 is 2.61 bits per heavy atom. The number of likely N-dealkylation sites (tertiary alicyclic amines) is 1. The zero-order valence-electron chi connectivity index (χ0n) is 18.0. The maximum atomic E-state index is 13.3. The van der Waals surface area contributed by atoms with Crippen LogP contribution in [-0.2, 0) is 4.79 Å². The minimum Gasteiger partial charge on any atom is -0.496 e. The molecule has 2 unspecified atom stereocenters. The molecule has 0 bridgehead atoms. The molecule has 3 aromatic carbocycles. The molecule has 1 heterocycles.